The van der Waals surface area contributed by atoms with Crippen LogP contribution in [0.5, 0.6) is 11.5 Å². The SMILES string of the molecule is [CH]=Cc1cc(OCC)[c]cc1OCC. The Kier molecular flexibility index (Phi) is 4.05. The second-order valence-corrected chi connectivity index (χ2v) is 2.65. The molecule has 2 radical (unpaired) electrons. The molecule has 0 unspecified atom stereocenters. The lowest BCUT2D eigenvalue weighted by Gasteiger charge is -2.09. The zero-order valence-electron chi connectivity index (χ0n) is 8.54. The molecule has 0 aliphatic carbocycles. The second kappa shape index (κ2) is 5.32. The van der Waals surface area contributed by atoms with Gasteiger partial charge in [0.2, 0.25) is 0 Å². The Hall–Kier alpha value is -1.44. The summed E-state index contributed by atoms with van der Waals surface area (Å²) in [6, 6.07) is 6.53. The smallest absolute Gasteiger partial charge is 0.128 e. The molecule has 14 heavy (non-hydrogen) atoms. The molecule has 2 heteroatoms. The molecule has 0 atom stereocenters. The molecule has 1 aromatic carbocycles. The lowest BCUT2D eigenvalue weighted by molar-refractivity contribution is 0.329. The van der Waals surface area contributed by atoms with Crippen LogP contribution in [0, 0.1) is 12.6 Å². The normalized spacial score (nSPS) is 9.57. The third-order valence-electron chi connectivity index (χ3n) is 1.70. The molecular weight excluding hydrogens is 176 g/mol. The Morgan fingerprint density at radius 3 is 2.64 bits per heavy atom. The predicted octanol–water partition coefficient (Wildman–Crippen LogP) is 2.73. The minimum Gasteiger partial charge on any atom is -0.493 e. The van der Waals surface area contributed by atoms with Crippen molar-refractivity contribution in [2.24, 2.45) is 0 Å². The molecule has 0 saturated heterocycles. The monoisotopic (exact) mass is 190 g/mol. The standard InChI is InChI=1S/C12H14O2/c1-4-10-9-11(13-5-2)7-8-12(10)14-6-3/h1,4,8-9H,5-6H2,2-3H3. The molecule has 0 fully saturated rings. The van der Waals surface area contributed by atoms with E-state index in [4.69, 9.17) is 16.1 Å². The van der Waals surface area contributed by atoms with Gasteiger partial charge < -0.3 is 9.47 Å². The Balaban J connectivity index is 2.92. The van der Waals surface area contributed by atoms with Gasteiger partial charge in [-0.25, -0.2) is 0 Å². The summed E-state index contributed by atoms with van der Waals surface area (Å²) < 4.78 is 10.7. The van der Waals surface area contributed by atoms with Crippen LogP contribution in [-0.4, -0.2) is 13.2 Å². The van der Waals surface area contributed by atoms with Crippen LogP contribution in [0.3, 0.4) is 0 Å². The fourth-order valence-electron chi connectivity index (χ4n) is 1.12. The van der Waals surface area contributed by atoms with E-state index in [0.717, 1.165) is 11.3 Å². The van der Waals surface area contributed by atoms with Crippen molar-refractivity contribution in [1.29, 1.82) is 0 Å². The minimum absolute atomic E-state index is 0.614. The van der Waals surface area contributed by atoms with Crippen LogP contribution in [0.4, 0.5) is 0 Å². The van der Waals surface area contributed by atoms with E-state index in [0.29, 0.717) is 19.0 Å². The van der Waals surface area contributed by atoms with E-state index in [2.05, 4.69) is 6.07 Å². The molecule has 1 rings (SSSR count). The highest BCUT2D eigenvalue weighted by molar-refractivity contribution is 5.57. The van der Waals surface area contributed by atoms with Crippen LogP contribution < -0.4 is 9.47 Å². The molecule has 0 heterocycles. The van der Waals surface area contributed by atoms with Crippen molar-refractivity contribution in [3.63, 3.8) is 0 Å². The second-order valence-electron chi connectivity index (χ2n) is 2.65. The van der Waals surface area contributed by atoms with Gasteiger partial charge in [-0.15, -0.1) is 0 Å². The lowest BCUT2D eigenvalue weighted by Crippen LogP contribution is -1.96. The summed E-state index contributed by atoms with van der Waals surface area (Å²) in [5, 5.41) is 0. The van der Waals surface area contributed by atoms with Gasteiger partial charge in [0.25, 0.3) is 0 Å². The minimum atomic E-state index is 0.614. The van der Waals surface area contributed by atoms with E-state index in [9.17, 15) is 0 Å². The molecule has 0 bridgehead atoms. The fraction of sp³-hybridized carbons (Fsp3) is 0.333. The van der Waals surface area contributed by atoms with Crippen LogP contribution in [0.25, 0.3) is 6.08 Å². The average molecular weight is 190 g/mol. The van der Waals surface area contributed by atoms with Crippen molar-refractivity contribution in [3.05, 3.63) is 30.3 Å². The molecule has 0 saturated carbocycles. The van der Waals surface area contributed by atoms with Crippen LogP contribution in [0.2, 0.25) is 0 Å². The van der Waals surface area contributed by atoms with Crippen molar-refractivity contribution >= 4 is 6.08 Å². The van der Waals surface area contributed by atoms with Crippen LogP contribution >= 0.6 is 0 Å². The third-order valence-corrected chi connectivity index (χ3v) is 1.70. The van der Waals surface area contributed by atoms with Crippen molar-refractivity contribution in [1.82, 2.24) is 0 Å². The van der Waals surface area contributed by atoms with Gasteiger partial charge in [-0.3, -0.25) is 0 Å². The maximum atomic E-state index is 5.47. The first-order valence-corrected chi connectivity index (χ1v) is 4.68. The number of ether oxygens (including phenoxy) is 2. The van der Waals surface area contributed by atoms with Crippen LogP contribution in [0.15, 0.2) is 12.1 Å². The van der Waals surface area contributed by atoms with Crippen molar-refractivity contribution in [2.75, 3.05) is 13.2 Å². The van der Waals surface area contributed by atoms with Crippen molar-refractivity contribution in [3.8, 4) is 11.5 Å². The summed E-state index contributed by atoms with van der Waals surface area (Å²) in [5.41, 5.74) is 0.828. The topological polar surface area (TPSA) is 18.5 Å². The highest BCUT2D eigenvalue weighted by atomic mass is 16.5. The van der Waals surface area contributed by atoms with Crippen molar-refractivity contribution < 1.29 is 9.47 Å². The van der Waals surface area contributed by atoms with Gasteiger partial charge in [0.05, 0.1) is 13.2 Å². The lowest BCUT2D eigenvalue weighted by atomic mass is 10.2. The number of benzene rings is 1. The van der Waals surface area contributed by atoms with Crippen LogP contribution in [0.1, 0.15) is 19.4 Å². The van der Waals surface area contributed by atoms with Gasteiger partial charge >= 0.3 is 0 Å². The van der Waals surface area contributed by atoms with Gasteiger partial charge in [-0.1, -0.05) is 12.7 Å². The molecule has 0 spiro atoms. The number of hydrogen-bond donors (Lipinski definition) is 0. The molecule has 0 aliphatic heterocycles. The van der Waals surface area contributed by atoms with E-state index in [1.54, 1.807) is 6.07 Å². The molecular formula is C12H14O2. The maximum Gasteiger partial charge on any atom is 0.128 e. The Morgan fingerprint density at radius 2 is 2.07 bits per heavy atom. The molecule has 0 aromatic heterocycles. The summed E-state index contributed by atoms with van der Waals surface area (Å²) in [4.78, 5) is 0. The quantitative estimate of drug-likeness (QED) is 0.710. The maximum absolute atomic E-state index is 5.47. The molecule has 0 amide bonds. The van der Waals surface area contributed by atoms with Gasteiger partial charge in [0.1, 0.15) is 11.5 Å². The largest absolute Gasteiger partial charge is 0.493 e. The molecule has 2 nitrogen and oxygen atoms in total. The first kappa shape index (κ1) is 10.6. The summed E-state index contributed by atoms with van der Waals surface area (Å²) in [6.45, 7) is 10.6. The summed E-state index contributed by atoms with van der Waals surface area (Å²) in [7, 11) is 0. The summed E-state index contributed by atoms with van der Waals surface area (Å²) in [6.07, 6.45) is 1.50. The van der Waals surface area contributed by atoms with Crippen molar-refractivity contribution in [2.45, 2.75) is 13.8 Å². The van der Waals surface area contributed by atoms with Crippen LogP contribution in [-0.2, 0) is 0 Å². The predicted molar refractivity (Wildman–Crippen MR) is 56.4 cm³/mol. The number of rotatable bonds is 5. The first-order valence-electron chi connectivity index (χ1n) is 4.68. The Labute approximate surface area is 85.2 Å². The zero-order valence-corrected chi connectivity index (χ0v) is 8.54. The highest BCUT2D eigenvalue weighted by Crippen LogP contribution is 2.24. The van der Waals surface area contributed by atoms with E-state index in [-0.39, 0.29) is 0 Å². The molecule has 0 aliphatic rings. The first-order chi connectivity index (χ1) is 6.81. The van der Waals surface area contributed by atoms with E-state index in [1.807, 2.05) is 19.9 Å². The molecule has 74 valence electrons. The number of hydrogen-bond acceptors (Lipinski definition) is 2. The van der Waals surface area contributed by atoms with Gasteiger partial charge in [0.15, 0.2) is 0 Å². The summed E-state index contributed by atoms with van der Waals surface area (Å²) in [5.74, 6) is 1.42. The fourth-order valence-corrected chi connectivity index (χ4v) is 1.12. The summed E-state index contributed by atoms with van der Waals surface area (Å²) >= 11 is 0. The average Bonchev–Trinajstić information content (AvgIpc) is 2.21. The van der Waals surface area contributed by atoms with Gasteiger partial charge in [-0.05, 0) is 26.0 Å². The Bertz CT molecular complexity index is 305. The zero-order chi connectivity index (χ0) is 10.4. The van der Waals surface area contributed by atoms with Gasteiger partial charge in [-0.2, -0.15) is 0 Å². The van der Waals surface area contributed by atoms with E-state index < -0.39 is 0 Å². The highest BCUT2D eigenvalue weighted by Gasteiger charge is 2.02. The Morgan fingerprint density at radius 1 is 1.36 bits per heavy atom. The van der Waals surface area contributed by atoms with Gasteiger partial charge in [0, 0.05) is 11.6 Å². The van der Waals surface area contributed by atoms with E-state index in [1.165, 1.54) is 6.08 Å². The molecule has 0 N–H and O–H groups in total. The third kappa shape index (κ3) is 2.52. The van der Waals surface area contributed by atoms with E-state index >= 15 is 0 Å². The molecule has 1 aromatic rings.